The molecule has 0 spiro atoms. The minimum atomic E-state index is 0.0408. The maximum atomic E-state index is 12.4. The van der Waals surface area contributed by atoms with E-state index in [0.29, 0.717) is 32.0 Å². The van der Waals surface area contributed by atoms with Gasteiger partial charge in [0, 0.05) is 38.0 Å². The third-order valence-corrected chi connectivity index (χ3v) is 3.95. The zero-order valence-electron chi connectivity index (χ0n) is 11.0. The number of nitrogens with one attached hydrogen (secondary N) is 1. The molecule has 5 nitrogen and oxygen atoms in total. The number of nitrogens with zero attached hydrogens (tertiary/aromatic N) is 1. The second kappa shape index (κ2) is 5.69. The monoisotopic (exact) mass is 253 g/mol. The summed E-state index contributed by atoms with van der Waals surface area (Å²) < 4.78 is 0. The van der Waals surface area contributed by atoms with Crippen LogP contribution in [-0.2, 0) is 9.59 Å². The molecule has 3 unspecified atom stereocenters. The highest BCUT2D eigenvalue weighted by atomic mass is 16.2. The molecule has 0 radical (unpaired) electrons. The molecule has 0 bridgehead atoms. The standard InChI is InChI=1S/C13H23N3O2/c1-9-6-10(8-11(14)7-9)13(18)16-4-2-12(17)15-3-5-16/h9-11H,2-8,14H2,1H3,(H,15,17). The quantitative estimate of drug-likeness (QED) is 0.696. The molecule has 5 heteroatoms. The Kier molecular flexibility index (Phi) is 4.22. The van der Waals surface area contributed by atoms with Gasteiger partial charge in [-0.3, -0.25) is 9.59 Å². The summed E-state index contributed by atoms with van der Waals surface area (Å²) in [5.41, 5.74) is 6.00. The Morgan fingerprint density at radius 3 is 2.83 bits per heavy atom. The van der Waals surface area contributed by atoms with Crippen LogP contribution in [0.15, 0.2) is 0 Å². The molecule has 2 rings (SSSR count). The van der Waals surface area contributed by atoms with Gasteiger partial charge in [-0.25, -0.2) is 0 Å². The number of carbonyl (C=O) groups is 2. The average Bonchev–Trinajstić information content (AvgIpc) is 2.52. The van der Waals surface area contributed by atoms with Gasteiger partial charge in [-0.05, 0) is 25.2 Å². The number of hydrogen-bond acceptors (Lipinski definition) is 3. The summed E-state index contributed by atoms with van der Waals surface area (Å²) in [6, 6.07) is 0.148. The maximum absolute atomic E-state index is 12.4. The van der Waals surface area contributed by atoms with E-state index in [-0.39, 0.29) is 23.8 Å². The number of nitrogens with two attached hydrogens (primary N) is 1. The van der Waals surface area contributed by atoms with Crippen LogP contribution in [0.4, 0.5) is 0 Å². The van der Waals surface area contributed by atoms with Gasteiger partial charge in [-0.15, -0.1) is 0 Å². The van der Waals surface area contributed by atoms with Crippen molar-refractivity contribution in [2.24, 2.45) is 17.6 Å². The van der Waals surface area contributed by atoms with Crippen LogP contribution in [0, 0.1) is 11.8 Å². The van der Waals surface area contributed by atoms with E-state index in [4.69, 9.17) is 5.73 Å². The van der Waals surface area contributed by atoms with Gasteiger partial charge < -0.3 is 16.0 Å². The Morgan fingerprint density at radius 2 is 2.11 bits per heavy atom. The molecule has 1 heterocycles. The molecule has 0 aromatic heterocycles. The molecule has 1 aliphatic carbocycles. The van der Waals surface area contributed by atoms with Gasteiger partial charge in [0.2, 0.25) is 11.8 Å². The third kappa shape index (κ3) is 3.22. The summed E-state index contributed by atoms with van der Waals surface area (Å²) in [6.07, 6.45) is 3.16. The molecule has 0 aromatic carbocycles. The number of rotatable bonds is 1. The molecule has 1 aliphatic heterocycles. The Morgan fingerprint density at radius 1 is 1.33 bits per heavy atom. The number of carbonyl (C=O) groups excluding carboxylic acids is 2. The summed E-state index contributed by atoms with van der Waals surface area (Å²) >= 11 is 0. The largest absolute Gasteiger partial charge is 0.354 e. The van der Waals surface area contributed by atoms with Crippen molar-refractivity contribution in [1.82, 2.24) is 10.2 Å². The Hall–Kier alpha value is -1.10. The highest BCUT2D eigenvalue weighted by Gasteiger charge is 2.32. The molecular weight excluding hydrogens is 230 g/mol. The lowest BCUT2D eigenvalue weighted by Crippen LogP contribution is -2.43. The normalized spacial score (nSPS) is 33.8. The Balaban J connectivity index is 1.95. The van der Waals surface area contributed by atoms with Gasteiger partial charge in [0.25, 0.3) is 0 Å². The molecule has 3 N–H and O–H groups in total. The molecule has 18 heavy (non-hydrogen) atoms. The molecule has 1 saturated carbocycles. The first-order valence-electron chi connectivity index (χ1n) is 6.87. The molecule has 2 fully saturated rings. The zero-order chi connectivity index (χ0) is 13.1. The van der Waals surface area contributed by atoms with E-state index in [1.165, 1.54) is 0 Å². The smallest absolute Gasteiger partial charge is 0.225 e. The van der Waals surface area contributed by atoms with Crippen molar-refractivity contribution in [3.63, 3.8) is 0 Å². The van der Waals surface area contributed by atoms with Crippen molar-refractivity contribution in [3.05, 3.63) is 0 Å². The van der Waals surface area contributed by atoms with Gasteiger partial charge in [0.15, 0.2) is 0 Å². The lowest BCUT2D eigenvalue weighted by Gasteiger charge is -2.33. The molecule has 1 saturated heterocycles. The predicted molar refractivity (Wildman–Crippen MR) is 68.7 cm³/mol. The van der Waals surface area contributed by atoms with E-state index in [9.17, 15) is 9.59 Å². The Labute approximate surface area is 108 Å². The van der Waals surface area contributed by atoms with Crippen molar-refractivity contribution < 1.29 is 9.59 Å². The third-order valence-electron chi connectivity index (χ3n) is 3.95. The van der Waals surface area contributed by atoms with E-state index in [1.54, 1.807) is 0 Å². The van der Waals surface area contributed by atoms with Crippen LogP contribution in [-0.4, -0.2) is 42.4 Å². The molecule has 2 aliphatic rings. The van der Waals surface area contributed by atoms with Crippen LogP contribution in [0.25, 0.3) is 0 Å². The van der Waals surface area contributed by atoms with Crippen LogP contribution in [0.1, 0.15) is 32.6 Å². The van der Waals surface area contributed by atoms with Gasteiger partial charge in [0.05, 0.1) is 0 Å². The first-order chi connectivity index (χ1) is 8.56. The van der Waals surface area contributed by atoms with Crippen molar-refractivity contribution in [1.29, 1.82) is 0 Å². The lowest BCUT2D eigenvalue weighted by molar-refractivity contribution is -0.137. The first-order valence-corrected chi connectivity index (χ1v) is 6.87. The SMILES string of the molecule is CC1CC(N)CC(C(=O)N2CCNC(=O)CC2)C1. The van der Waals surface area contributed by atoms with E-state index < -0.39 is 0 Å². The summed E-state index contributed by atoms with van der Waals surface area (Å²) in [5.74, 6) is 0.805. The molecular formula is C13H23N3O2. The van der Waals surface area contributed by atoms with Crippen molar-refractivity contribution in [2.45, 2.75) is 38.6 Å². The highest BCUT2D eigenvalue weighted by Crippen LogP contribution is 2.29. The molecule has 3 atom stereocenters. The summed E-state index contributed by atoms with van der Waals surface area (Å²) in [7, 11) is 0. The summed E-state index contributed by atoms with van der Waals surface area (Å²) in [6.45, 7) is 3.90. The first kappa shape index (κ1) is 13.3. The van der Waals surface area contributed by atoms with Crippen LogP contribution >= 0.6 is 0 Å². The fourth-order valence-electron chi connectivity index (χ4n) is 3.10. The maximum Gasteiger partial charge on any atom is 0.225 e. The van der Waals surface area contributed by atoms with Gasteiger partial charge in [-0.2, -0.15) is 0 Å². The Bertz CT molecular complexity index is 322. The van der Waals surface area contributed by atoms with Gasteiger partial charge in [-0.1, -0.05) is 6.92 Å². The number of amides is 2. The van der Waals surface area contributed by atoms with Gasteiger partial charge >= 0.3 is 0 Å². The van der Waals surface area contributed by atoms with E-state index in [2.05, 4.69) is 12.2 Å². The topological polar surface area (TPSA) is 75.4 Å². The molecule has 2 amide bonds. The fraction of sp³-hybridized carbons (Fsp3) is 0.846. The number of hydrogen-bond donors (Lipinski definition) is 2. The minimum absolute atomic E-state index is 0.0408. The average molecular weight is 253 g/mol. The van der Waals surface area contributed by atoms with Crippen molar-refractivity contribution in [2.75, 3.05) is 19.6 Å². The summed E-state index contributed by atoms with van der Waals surface area (Å²) in [5, 5.41) is 2.79. The van der Waals surface area contributed by atoms with E-state index in [1.807, 2.05) is 4.90 Å². The second-order valence-corrected chi connectivity index (χ2v) is 5.69. The van der Waals surface area contributed by atoms with Gasteiger partial charge in [0.1, 0.15) is 0 Å². The van der Waals surface area contributed by atoms with Crippen LogP contribution in [0.2, 0.25) is 0 Å². The van der Waals surface area contributed by atoms with E-state index >= 15 is 0 Å². The van der Waals surface area contributed by atoms with Crippen LogP contribution in [0.3, 0.4) is 0 Å². The van der Waals surface area contributed by atoms with E-state index in [0.717, 1.165) is 19.3 Å². The van der Waals surface area contributed by atoms with Crippen molar-refractivity contribution in [3.8, 4) is 0 Å². The molecule has 0 aromatic rings. The fourth-order valence-corrected chi connectivity index (χ4v) is 3.10. The highest BCUT2D eigenvalue weighted by molar-refractivity contribution is 5.81. The minimum Gasteiger partial charge on any atom is -0.354 e. The lowest BCUT2D eigenvalue weighted by atomic mass is 9.79. The van der Waals surface area contributed by atoms with Crippen molar-refractivity contribution >= 4 is 11.8 Å². The predicted octanol–water partition coefficient (Wildman–Crippen LogP) is 0.0984. The van der Waals surface area contributed by atoms with Crippen LogP contribution < -0.4 is 11.1 Å². The molecule has 102 valence electrons. The summed E-state index contributed by atoms with van der Waals surface area (Å²) in [4.78, 5) is 25.5. The van der Waals surface area contributed by atoms with Crippen LogP contribution in [0.5, 0.6) is 0 Å². The zero-order valence-corrected chi connectivity index (χ0v) is 11.0. The second-order valence-electron chi connectivity index (χ2n) is 5.69.